The van der Waals surface area contributed by atoms with Gasteiger partial charge in [-0.25, -0.2) is 8.78 Å². The Balaban J connectivity index is 1.36. The van der Waals surface area contributed by atoms with E-state index in [0.29, 0.717) is 54.7 Å². The first-order chi connectivity index (χ1) is 16.2. The van der Waals surface area contributed by atoms with E-state index in [0.717, 1.165) is 0 Å². The second-order valence-electron chi connectivity index (χ2n) is 9.59. The van der Waals surface area contributed by atoms with Crippen LogP contribution in [0, 0.1) is 5.82 Å². The molecule has 1 N–H and O–H groups in total. The molecule has 0 spiro atoms. The minimum absolute atomic E-state index is 0.186. The number of alkyl halides is 1. The van der Waals surface area contributed by atoms with Crippen LogP contribution in [-0.4, -0.2) is 57.3 Å². The maximum Gasteiger partial charge on any atom is 0.255 e. The van der Waals surface area contributed by atoms with Crippen molar-refractivity contribution in [3.8, 4) is 11.3 Å². The summed E-state index contributed by atoms with van der Waals surface area (Å²) in [7, 11) is 0. The SMILES string of the molecule is CC1(F)CCN(Cc2ccnc(-c3ccc4c(c3)CN(C3CCC(=O)NC3=O)C4=O)c2F)CC1. The normalized spacial score (nSPS) is 22.6. The molecule has 1 aromatic carbocycles. The third-order valence-electron chi connectivity index (χ3n) is 7.06. The lowest BCUT2D eigenvalue weighted by Gasteiger charge is -2.34. The second-order valence-corrected chi connectivity index (χ2v) is 9.59. The molecule has 178 valence electrons. The van der Waals surface area contributed by atoms with Gasteiger partial charge in [0, 0.05) is 55.5 Å². The van der Waals surface area contributed by atoms with Crippen LogP contribution in [0.2, 0.25) is 0 Å². The molecule has 0 aliphatic carbocycles. The number of carbonyl (C=O) groups is 3. The summed E-state index contributed by atoms with van der Waals surface area (Å²) in [5, 5.41) is 2.29. The van der Waals surface area contributed by atoms with Crippen LogP contribution in [0.25, 0.3) is 11.3 Å². The molecule has 3 aliphatic rings. The quantitative estimate of drug-likeness (QED) is 0.698. The summed E-state index contributed by atoms with van der Waals surface area (Å²) in [6, 6.07) is 5.98. The van der Waals surface area contributed by atoms with E-state index in [-0.39, 0.29) is 36.9 Å². The van der Waals surface area contributed by atoms with Crippen molar-refractivity contribution < 1.29 is 23.2 Å². The van der Waals surface area contributed by atoms with Gasteiger partial charge in [0.2, 0.25) is 11.8 Å². The zero-order valence-corrected chi connectivity index (χ0v) is 18.9. The molecule has 2 fully saturated rings. The number of aromatic nitrogens is 1. The number of nitrogens with one attached hydrogen (secondary N) is 1. The number of fused-ring (bicyclic) bond motifs is 1. The Morgan fingerprint density at radius 2 is 1.94 bits per heavy atom. The summed E-state index contributed by atoms with van der Waals surface area (Å²) in [6.45, 7) is 3.34. The van der Waals surface area contributed by atoms with Gasteiger partial charge in [-0.1, -0.05) is 6.07 Å². The number of carbonyl (C=O) groups excluding carboxylic acids is 3. The Morgan fingerprint density at radius 3 is 2.68 bits per heavy atom. The number of benzene rings is 1. The van der Waals surface area contributed by atoms with E-state index in [2.05, 4.69) is 10.3 Å². The molecular formula is C25H26F2N4O3. The fourth-order valence-electron chi connectivity index (χ4n) is 4.95. The molecule has 1 unspecified atom stereocenters. The van der Waals surface area contributed by atoms with E-state index < -0.39 is 23.4 Å². The number of rotatable bonds is 4. The molecule has 0 saturated carbocycles. The lowest BCUT2D eigenvalue weighted by atomic mass is 9.95. The monoisotopic (exact) mass is 468 g/mol. The highest BCUT2D eigenvalue weighted by Gasteiger charge is 2.39. The van der Waals surface area contributed by atoms with Crippen molar-refractivity contribution in [3.63, 3.8) is 0 Å². The first-order valence-corrected chi connectivity index (χ1v) is 11.5. The molecule has 34 heavy (non-hydrogen) atoms. The predicted molar refractivity (Wildman–Crippen MR) is 120 cm³/mol. The van der Waals surface area contributed by atoms with Crippen molar-refractivity contribution >= 4 is 17.7 Å². The molecule has 0 bridgehead atoms. The third-order valence-corrected chi connectivity index (χ3v) is 7.06. The van der Waals surface area contributed by atoms with E-state index in [1.54, 1.807) is 37.4 Å². The molecule has 2 aromatic rings. The Kier molecular flexibility index (Phi) is 5.67. The smallest absolute Gasteiger partial charge is 0.255 e. The Labute approximate surface area is 196 Å². The summed E-state index contributed by atoms with van der Waals surface area (Å²) in [5.74, 6) is -1.51. The fourth-order valence-corrected chi connectivity index (χ4v) is 4.95. The highest BCUT2D eigenvalue weighted by atomic mass is 19.1. The van der Waals surface area contributed by atoms with E-state index >= 15 is 4.39 Å². The summed E-state index contributed by atoms with van der Waals surface area (Å²) < 4.78 is 29.5. The molecule has 1 atom stereocenters. The summed E-state index contributed by atoms with van der Waals surface area (Å²) >= 11 is 0. The lowest BCUT2D eigenvalue weighted by molar-refractivity contribution is -0.136. The van der Waals surface area contributed by atoms with Crippen molar-refractivity contribution in [1.82, 2.24) is 20.1 Å². The number of piperidine rings is 2. The van der Waals surface area contributed by atoms with Gasteiger partial charge >= 0.3 is 0 Å². The first kappa shape index (κ1) is 22.6. The van der Waals surface area contributed by atoms with Crippen molar-refractivity contribution in [3.05, 3.63) is 53.0 Å². The van der Waals surface area contributed by atoms with Crippen LogP contribution < -0.4 is 5.32 Å². The number of imide groups is 1. The zero-order valence-electron chi connectivity index (χ0n) is 18.9. The number of pyridine rings is 1. The average Bonchev–Trinajstić information content (AvgIpc) is 3.12. The molecular weight excluding hydrogens is 442 g/mol. The Hall–Kier alpha value is -3.20. The largest absolute Gasteiger partial charge is 0.322 e. The van der Waals surface area contributed by atoms with Crippen molar-refractivity contribution in [2.45, 2.75) is 57.4 Å². The number of hydrogen-bond donors (Lipinski definition) is 1. The number of nitrogens with zero attached hydrogens (tertiary/aromatic N) is 3. The van der Waals surface area contributed by atoms with Gasteiger partial charge in [0.05, 0.1) is 0 Å². The minimum atomic E-state index is -1.16. The lowest BCUT2D eigenvalue weighted by Crippen LogP contribution is -2.52. The number of hydrogen-bond acceptors (Lipinski definition) is 5. The van der Waals surface area contributed by atoms with Crippen LogP contribution in [0.3, 0.4) is 0 Å². The van der Waals surface area contributed by atoms with Gasteiger partial charge in [-0.3, -0.25) is 29.6 Å². The van der Waals surface area contributed by atoms with Crippen LogP contribution in [0.1, 0.15) is 54.1 Å². The van der Waals surface area contributed by atoms with Crippen molar-refractivity contribution in [1.29, 1.82) is 0 Å². The number of likely N-dealkylation sites (tertiary alicyclic amines) is 1. The number of amides is 3. The van der Waals surface area contributed by atoms with Crippen LogP contribution in [0.5, 0.6) is 0 Å². The maximum atomic E-state index is 15.4. The fraction of sp³-hybridized carbons (Fsp3) is 0.440. The Bertz CT molecular complexity index is 1170. The maximum absolute atomic E-state index is 15.4. The van der Waals surface area contributed by atoms with Gasteiger partial charge < -0.3 is 4.90 Å². The number of halogens is 2. The van der Waals surface area contributed by atoms with Gasteiger partial charge in [0.15, 0.2) is 5.82 Å². The Morgan fingerprint density at radius 1 is 1.18 bits per heavy atom. The second kappa shape index (κ2) is 8.54. The topological polar surface area (TPSA) is 82.6 Å². The minimum Gasteiger partial charge on any atom is -0.322 e. The zero-order chi connectivity index (χ0) is 24.0. The van der Waals surface area contributed by atoms with E-state index in [9.17, 15) is 18.8 Å². The summed E-state index contributed by atoms with van der Waals surface area (Å²) in [5.41, 5.74) is 1.23. The van der Waals surface area contributed by atoms with Gasteiger partial charge in [0.25, 0.3) is 5.91 Å². The van der Waals surface area contributed by atoms with Crippen LogP contribution >= 0.6 is 0 Å². The molecule has 0 radical (unpaired) electrons. The molecule has 4 heterocycles. The van der Waals surface area contributed by atoms with Crippen LogP contribution in [0.15, 0.2) is 30.5 Å². The molecule has 3 aliphatic heterocycles. The molecule has 9 heteroatoms. The van der Waals surface area contributed by atoms with Crippen LogP contribution in [0.4, 0.5) is 8.78 Å². The van der Waals surface area contributed by atoms with Gasteiger partial charge in [-0.05, 0) is 49.9 Å². The van der Waals surface area contributed by atoms with Gasteiger partial charge in [-0.15, -0.1) is 0 Å². The van der Waals surface area contributed by atoms with E-state index in [4.69, 9.17) is 0 Å². The third kappa shape index (κ3) is 4.20. The molecule has 1 aromatic heterocycles. The highest BCUT2D eigenvalue weighted by Crippen LogP contribution is 2.32. The van der Waals surface area contributed by atoms with Crippen molar-refractivity contribution in [2.24, 2.45) is 0 Å². The van der Waals surface area contributed by atoms with E-state index in [1.807, 2.05) is 4.90 Å². The summed E-state index contributed by atoms with van der Waals surface area (Å²) in [4.78, 5) is 44.4. The molecule has 3 amide bonds. The van der Waals surface area contributed by atoms with E-state index in [1.165, 1.54) is 4.90 Å². The van der Waals surface area contributed by atoms with Gasteiger partial charge in [0.1, 0.15) is 17.4 Å². The first-order valence-electron chi connectivity index (χ1n) is 11.5. The molecule has 7 nitrogen and oxygen atoms in total. The molecule has 2 saturated heterocycles. The average molecular weight is 469 g/mol. The predicted octanol–water partition coefficient (Wildman–Crippen LogP) is 2.97. The standard InChI is InChI=1S/C25H26F2N4O3/c1-25(27)7-10-30(11-8-25)13-16-6-9-28-22(21(16)26)15-2-3-18-17(12-15)14-31(24(18)34)19-4-5-20(32)29-23(19)33/h2-3,6,9,12,19H,4-5,7-8,10-11,13-14H2,1H3,(H,29,32,33). The van der Waals surface area contributed by atoms with Gasteiger partial charge in [-0.2, -0.15) is 0 Å². The summed E-state index contributed by atoms with van der Waals surface area (Å²) in [6.07, 6.45) is 2.88. The molecule has 5 rings (SSSR count). The van der Waals surface area contributed by atoms with Crippen LogP contribution in [-0.2, 0) is 22.7 Å². The van der Waals surface area contributed by atoms with Crippen molar-refractivity contribution in [2.75, 3.05) is 13.1 Å². The highest BCUT2D eigenvalue weighted by molar-refractivity contribution is 6.05.